The number of carboxylic acid groups (broad SMARTS) is 1. The zero-order chi connectivity index (χ0) is 32.2. The van der Waals surface area contributed by atoms with E-state index in [-0.39, 0.29) is 48.5 Å². The van der Waals surface area contributed by atoms with Crippen molar-refractivity contribution in [2.45, 2.75) is 130 Å². The van der Waals surface area contributed by atoms with Crippen LogP contribution in [0.15, 0.2) is 23.8 Å². The Balaban J connectivity index is 1.58. The molecule has 3 saturated carbocycles. The van der Waals surface area contributed by atoms with Gasteiger partial charge in [-0.2, -0.15) is 0 Å². The topological polar surface area (TPSA) is 116 Å². The van der Waals surface area contributed by atoms with Crippen molar-refractivity contribution in [3.05, 3.63) is 23.8 Å². The van der Waals surface area contributed by atoms with Crippen LogP contribution in [0.5, 0.6) is 0 Å². The summed E-state index contributed by atoms with van der Waals surface area (Å²) in [5, 5.41) is 8.95. The molecule has 4 aliphatic rings. The standard InChI is InChI=1S/C36H54O8/c1-22(2)8-7-9-23(3)26-10-11-27-34-28(17-19-36(26,27)5)35(4)18-16-25(43-32(40)13-12-30(37)38)20-24(35)21-29(34)44-33(41)15-14-31(39)42-6/h21-22,25-29,34H,3,7-20H2,1-2,4-6H3,(H,37,38). The first-order chi connectivity index (χ1) is 20.8. The average Bonchev–Trinajstić information content (AvgIpc) is 3.32. The van der Waals surface area contributed by atoms with Crippen molar-refractivity contribution in [1.82, 2.24) is 0 Å². The van der Waals surface area contributed by atoms with E-state index in [1.165, 1.54) is 31.1 Å². The number of carbonyl (C=O) groups is 4. The third-order valence-electron chi connectivity index (χ3n) is 11.7. The molecule has 0 spiro atoms. The Morgan fingerprint density at radius 3 is 2.27 bits per heavy atom. The summed E-state index contributed by atoms with van der Waals surface area (Å²) in [7, 11) is 1.31. The minimum absolute atomic E-state index is 0.0157. The molecule has 0 amide bonds. The molecule has 246 valence electrons. The van der Waals surface area contributed by atoms with Crippen molar-refractivity contribution in [3.8, 4) is 0 Å². The van der Waals surface area contributed by atoms with Gasteiger partial charge in [0.15, 0.2) is 0 Å². The maximum Gasteiger partial charge on any atom is 0.306 e. The highest BCUT2D eigenvalue weighted by atomic mass is 16.5. The number of esters is 3. The monoisotopic (exact) mass is 614 g/mol. The Bertz CT molecular complexity index is 1140. The molecule has 0 saturated heterocycles. The van der Waals surface area contributed by atoms with Crippen LogP contribution in [0.25, 0.3) is 0 Å². The molecule has 8 atom stereocenters. The number of hydrogen-bond acceptors (Lipinski definition) is 7. The second kappa shape index (κ2) is 14.2. The van der Waals surface area contributed by atoms with Crippen LogP contribution in [0.3, 0.4) is 0 Å². The third kappa shape index (κ3) is 7.42. The van der Waals surface area contributed by atoms with Crippen LogP contribution in [-0.2, 0) is 33.4 Å². The lowest BCUT2D eigenvalue weighted by Gasteiger charge is -2.59. The molecule has 0 aromatic rings. The minimum Gasteiger partial charge on any atom is -0.481 e. The van der Waals surface area contributed by atoms with Gasteiger partial charge < -0.3 is 19.3 Å². The highest BCUT2D eigenvalue weighted by Crippen LogP contribution is 2.67. The first kappa shape index (κ1) is 34.2. The third-order valence-corrected chi connectivity index (χ3v) is 11.7. The van der Waals surface area contributed by atoms with Crippen molar-refractivity contribution in [3.63, 3.8) is 0 Å². The SMILES string of the molecule is C=C(CCCC(C)C)C1CCC2C3C(OC(=O)CCC(=O)OC)C=C4CC(OC(=O)CCC(=O)O)CCC4(C)C3CCC12C. The predicted octanol–water partition coefficient (Wildman–Crippen LogP) is 7.20. The van der Waals surface area contributed by atoms with E-state index in [4.69, 9.17) is 19.3 Å². The van der Waals surface area contributed by atoms with Gasteiger partial charge in [-0.15, -0.1) is 0 Å². The quantitative estimate of drug-likeness (QED) is 0.132. The molecule has 0 aromatic carbocycles. The molecule has 4 rings (SSSR count). The van der Waals surface area contributed by atoms with Gasteiger partial charge in [0.25, 0.3) is 0 Å². The van der Waals surface area contributed by atoms with E-state index in [1.54, 1.807) is 0 Å². The van der Waals surface area contributed by atoms with E-state index in [0.717, 1.165) is 44.9 Å². The van der Waals surface area contributed by atoms with E-state index in [0.29, 0.717) is 30.1 Å². The minimum atomic E-state index is -1.02. The van der Waals surface area contributed by atoms with E-state index >= 15 is 0 Å². The number of methoxy groups -OCH3 is 1. The lowest BCUT2D eigenvalue weighted by Crippen LogP contribution is -2.55. The summed E-state index contributed by atoms with van der Waals surface area (Å²) in [5.74, 6) is -0.284. The number of allylic oxidation sites excluding steroid dienone is 1. The van der Waals surface area contributed by atoms with Gasteiger partial charge in [0.2, 0.25) is 0 Å². The number of aliphatic carboxylic acids is 1. The van der Waals surface area contributed by atoms with Gasteiger partial charge in [0.05, 0.1) is 32.8 Å². The maximum atomic E-state index is 13.1. The summed E-state index contributed by atoms with van der Waals surface area (Å²) < 4.78 is 16.7. The Morgan fingerprint density at radius 1 is 0.909 bits per heavy atom. The normalized spacial score (nSPS) is 34.2. The summed E-state index contributed by atoms with van der Waals surface area (Å²) in [6.07, 6.45) is 11.0. The molecule has 8 unspecified atom stereocenters. The molecule has 1 N–H and O–H groups in total. The summed E-state index contributed by atoms with van der Waals surface area (Å²) in [4.78, 5) is 48.2. The van der Waals surface area contributed by atoms with Crippen LogP contribution >= 0.6 is 0 Å². The van der Waals surface area contributed by atoms with Crippen molar-refractivity contribution in [1.29, 1.82) is 0 Å². The number of fused-ring (bicyclic) bond motifs is 5. The first-order valence-electron chi connectivity index (χ1n) is 16.8. The zero-order valence-corrected chi connectivity index (χ0v) is 27.5. The van der Waals surface area contributed by atoms with E-state index in [1.807, 2.05) is 0 Å². The average molecular weight is 615 g/mol. The number of hydrogen-bond donors (Lipinski definition) is 1. The molecular formula is C36H54O8. The van der Waals surface area contributed by atoms with Crippen LogP contribution in [0.1, 0.15) is 118 Å². The van der Waals surface area contributed by atoms with E-state index in [2.05, 4.69) is 40.3 Å². The lowest BCUT2D eigenvalue weighted by molar-refractivity contribution is -0.163. The molecule has 0 aliphatic heterocycles. The number of carbonyl (C=O) groups excluding carboxylic acids is 3. The van der Waals surface area contributed by atoms with E-state index in [9.17, 15) is 19.2 Å². The molecule has 8 nitrogen and oxygen atoms in total. The highest BCUT2D eigenvalue weighted by Gasteiger charge is 2.61. The molecule has 3 fully saturated rings. The largest absolute Gasteiger partial charge is 0.481 e. The Morgan fingerprint density at radius 2 is 1.59 bits per heavy atom. The van der Waals surface area contributed by atoms with Gasteiger partial charge in [-0.05, 0) is 91.9 Å². The fourth-order valence-corrected chi connectivity index (χ4v) is 9.36. The van der Waals surface area contributed by atoms with Crippen LogP contribution in [-0.4, -0.2) is 48.3 Å². The maximum absolute atomic E-state index is 13.1. The molecule has 8 heteroatoms. The second-order valence-corrected chi connectivity index (χ2v) is 14.8. The molecular weight excluding hydrogens is 560 g/mol. The summed E-state index contributed by atoms with van der Waals surface area (Å²) in [6.45, 7) is 13.9. The van der Waals surface area contributed by atoms with Gasteiger partial charge >= 0.3 is 23.9 Å². The number of ether oxygens (including phenoxy) is 3. The number of rotatable bonds is 13. The molecule has 0 bridgehead atoms. The van der Waals surface area contributed by atoms with Crippen LogP contribution < -0.4 is 0 Å². The van der Waals surface area contributed by atoms with Crippen molar-refractivity contribution < 1.29 is 38.5 Å². The fourth-order valence-electron chi connectivity index (χ4n) is 9.36. The fraction of sp³-hybridized carbons (Fsp3) is 0.778. The summed E-state index contributed by atoms with van der Waals surface area (Å²) in [6, 6.07) is 0. The van der Waals surface area contributed by atoms with Crippen LogP contribution in [0.2, 0.25) is 0 Å². The van der Waals surface area contributed by atoms with E-state index < -0.39 is 30.0 Å². The lowest BCUT2D eigenvalue weighted by atomic mass is 9.46. The van der Waals surface area contributed by atoms with Gasteiger partial charge in [0, 0.05) is 12.3 Å². The summed E-state index contributed by atoms with van der Waals surface area (Å²) >= 11 is 0. The van der Waals surface area contributed by atoms with Gasteiger partial charge in [-0.3, -0.25) is 19.2 Å². The Hall–Kier alpha value is -2.64. The second-order valence-electron chi connectivity index (χ2n) is 14.8. The molecule has 44 heavy (non-hydrogen) atoms. The van der Waals surface area contributed by atoms with Crippen molar-refractivity contribution in [2.24, 2.45) is 40.4 Å². The first-order valence-corrected chi connectivity index (χ1v) is 16.8. The zero-order valence-electron chi connectivity index (χ0n) is 27.5. The smallest absolute Gasteiger partial charge is 0.306 e. The van der Waals surface area contributed by atoms with Gasteiger partial charge in [-0.1, -0.05) is 51.8 Å². The molecule has 0 heterocycles. The van der Waals surface area contributed by atoms with Crippen molar-refractivity contribution in [2.75, 3.05) is 7.11 Å². The number of carboxylic acids is 1. The van der Waals surface area contributed by atoms with Crippen LogP contribution in [0.4, 0.5) is 0 Å². The molecule has 4 aliphatic carbocycles. The van der Waals surface area contributed by atoms with Crippen LogP contribution in [0, 0.1) is 40.4 Å². The highest BCUT2D eigenvalue weighted by molar-refractivity contribution is 5.78. The Labute approximate surface area is 263 Å². The predicted molar refractivity (Wildman–Crippen MR) is 166 cm³/mol. The van der Waals surface area contributed by atoms with Crippen molar-refractivity contribution >= 4 is 23.9 Å². The molecule has 0 aromatic heterocycles. The van der Waals surface area contributed by atoms with Gasteiger partial charge in [-0.25, -0.2) is 0 Å². The van der Waals surface area contributed by atoms with Gasteiger partial charge in [0.1, 0.15) is 12.2 Å². The summed E-state index contributed by atoms with van der Waals surface area (Å²) in [5.41, 5.74) is 2.56. The Kier molecular flexibility index (Phi) is 11.0. The molecule has 0 radical (unpaired) electrons.